The van der Waals surface area contributed by atoms with E-state index in [-0.39, 0.29) is 5.56 Å². The van der Waals surface area contributed by atoms with Crippen LogP contribution in [-0.2, 0) is 6.54 Å². The molecule has 1 saturated carbocycles. The molecule has 0 radical (unpaired) electrons. The smallest absolute Gasteiger partial charge is 0.283 e. The first-order chi connectivity index (χ1) is 10.2. The minimum Gasteiger partial charge on any atom is -0.366 e. The summed E-state index contributed by atoms with van der Waals surface area (Å²) in [5.74, 6) is 0.667. The molecule has 2 fully saturated rings. The third kappa shape index (κ3) is 3.31. The molecule has 0 amide bonds. The van der Waals surface area contributed by atoms with Crippen molar-refractivity contribution < 1.29 is 0 Å². The Morgan fingerprint density at radius 1 is 1.48 bits per heavy atom. The van der Waals surface area contributed by atoms with Crippen LogP contribution in [0.4, 0.5) is 5.69 Å². The van der Waals surface area contributed by atoms with Crippen LogP contribution in [0, 0.1) is 5.92 Å². The van der Waals surface area contributed by atoms with Crippen LogP contribution < -0.4 is 15.8 Å². The maximum absolute atomic E-state index is 12.3. The molecule has 5 nitrogen and oxygen atoms in total. The highest BCUT2D eigenvalue weighted by atomic mass is 79.9. The fourth-order valence-corrected chi connectivity index (χ4v) is 3.60. The Labute approximate surface area is 133 Å². The van der Waals surface area contributed by atoms with Crippen LogP contribution in [0.3, 0.4) is 0 Å². The van der Waals surface area contributed by atoms with Crippen molar-refractivity contribution in [2.24, 2.45) is 5.92 Å². The average Bonchev–Trinajstić information content (AvgIpc) is 3.34. The van der Waals surface area contributed by atoms with E-state index in [4.69, 9.17) is 0 Å². The van der Waals surface area contributed by atoms with E-state index in [9.17, 15) is 4.79 Å². The van der Waals surface area contributed by atoms with Crippen molar-refractivity contribution in [1.29, 1.82) is 0 Å². The summed E-state index contributed by atoms with van der Waals surface area (Å²) in [5.41, 5.74) is 0.945. The first-order valence-electron chi connectivity index (χ1n) is 7.93. The summed E-state index contributed by atoms with van der Waals surface area (Å²) in [6.07, 6.45) is 6.82. The maximum Gasteiger partial charge on any atom is 0.283 e. The van der Waals surface area contributed by atoms with E-state index in [2.05, 4.69) is 31.2 Å². The molecule has 1 saturated heterocycles. The standard InChI is InChI=1S/C15H23BrN4O/c1-2-20-15(21)14(16)13(9-18-20)19(12-5-6-12)10-11-4-3-7-17-8-11/h9,11-12,17H,2-8,10H2,1H3. The summed E-state index contributed by atoms with van der Waals surface area (Å²) in [6.45, 7) is 5.78. The zero-order chi connectivity index (χ0) is 14.8. The van der Waals surface area contributed by atoms with Gasteiger partial charge in [0.15, 0.2) is 0 Å². The van der Waals surface area contributed by atoms with E-state index in [0.29, 0.717) is 23.0 Å². The number of hydrogen-bond donors (Lipinski definition) is 1. The van der Waals surface area contributed by atoms with Crippen molar-refractivity contribution in [3.8, 4) is 0 Å². The summed E-state index contributed by atoms with van der Waals surface area (Å²) in [7, 11) is 0. The Morgan fingerprint density at radius 3 is 2.90 bits per heavy atom. The van der Waals surface area contributed by atoms with Gasteiger partial charge in [-0.1, -0.05) is 0 Å². The lowest BCUT2D eigenvalue weighted by atomic mass is 9.99. The van der Waals surface area contributed by atoms with Gasteiger partial charge >= 0.3 is 0 Å². The molecule has 1 atom stereocenters. The quantitative estimate of drug-likeness (QED) is 0.878. The molecule has 1 aliphatic heterocycles. The van der Waals surface area contributed by atoms with Gasteiger partial charge in [-0.25, -0.2) is 4.68 Å². The van der Waals surface area contributed by atoms with E-state index >= 15 is 0 Å². The first kappa shape index (κ1) is 15.0. The molecular formula is C15H23BrN4O. The Balaban J connectivity index is 1.83. The second-order valence-electron chi connectivity index (χ2n) is 6.06. The molecule has 6 heteroatoms. The monoisotopic (exact) mass is 354 g/mol. The Bertz CT molecular complexity index is 549. The second kappa shape index (κ2) is 6.48. The lowest BCUT2D eigenvalue weighted by Crippen LogP contribution is -2.40. The van der Waals surface area contributed by atoms with Crippen molar-refractivity contribution in [2.75, 3.05) is 24.5 Å². The van der Waals surface area contributed by atoms with E-state index in [1.807, 2.05) is 13.1 Å². The number of halogens is 1. The Hall–Kier alpha value is -0.880. The van der Waals surface area contributed by atoms with Crippen LogP contribution in [0.5, 0.6) is 0 Å². The average molecular weight is 355 g/mol. The predicted molar refractivity (Wildman–Crippen MR) is 87.8 cm³/mol. The minimum absolute atomic E-state index is 0.0255. The van der Waals surface area contributed by atoms with Gasteiger partial charge in [-0.2, -0.15) is 5.10 Å². The highest BCUT2D eigenvalue weighted by molar-refractivity contribution is 9.10. The first-order valence-corrected chi connectivity index (χ1v) is 8.73. The third-order valence-corrected chi connectivity index (χ3v) is 5.16. The number of rotatable bonds is 5. The number of anilines is 1. The Morgan fingerprint density at radius 2 is 2.29 bits per heavy atom. The summed E-state index contributed by atoms with van der Waals surface area (Å²) in [4.78, 5) is 14.7. The molecule has 2 heterocycles. The van der Waals surface area contributed by atoms with Gasteiger partial charge in [-0.05, 0) is 67.5 Å². The van der Waals surface area contributed by atoms with Crippen LogP contribution in [0.25, 0.3) is 0 Å². The molecule has 2 aliphatic rings. The molecule has 0 bridgehead atoms. The molecule has 0 aromatic carbocycles. The number of piperidine rings is 1. The van der Waals surface area contributed by atoms with Crippen LogP contribution in [0.15, 0.2) is 15.5 Å². The lowest BCUT2D eigenvalue weighted by molar-refractivity contribution is 0.375. The zero-order valence-corrected chi connectivity index (χ0v) is 14.1. The third-order valence-electron chi connectivity index (χ3n) is 4.42. The van der Waals surface area contributed by atoms with Crippen LogP contribution >= 0.6 is 15.9 Å². The predicted octanol–water partition coefficient (Wildman–Crippen LogP) is 1.99. The van der Waals surface area contributed by atoms with Gasteiger partial charge in [0.25, 0.3) is 5.56 Å². The molecule has 1 unspecified atom stereocenters. The van der Waals surface area contributed by atoms with Gasteiger partial charge in [0.1, 0.15) is 4.47 Å². The van der Waals surface area contributed by atoms with Crippen molar-refractivity contribution in [3.63, 3.8) is 0 Å². The highest BCUT2D eigenvalue weighted by Crippen LogP contribution is 2.35. The van der Waals surface area contributed by atoms with Crippen molar-refractivity contribution in [1.82, 2.24) is 15.1 Å². The molecule has 3 rings (SSSR count). The fraction of sp³-hybridized carbons (Fsp3) is 0.733. The molecule has 0 spiro atoms. The molecule has 1 aliphatic carbocycles. The van der Waals surface area contributed by atoms with Gasteiger partial charge in [0.05, 0.1) is 11.9 Å². The molecule has 1 N–H and O–H groups in total. The van der Waals surface area contributed by atoms with Gasteiger partial charge in [0, 0.05) is 19.1 Å². The molecule has 1 aromatic rings. The topological polar surface area (TPSA) is 50.2 Å². The van der Waals surface area contributed by atoms with Crippen LogP contribution in [0.1, 0.15) is 32.6 Å². The summed E-state index contributed by atoms with van der Waals surface area (Å²) in [5, 5.41) is 7.77. The largest absolute Gasteiger partial charge is 0.366 e. The molecular weight excluding hydrogens is 332 g/mol. The van der Waals surface area contributed by atoms with Crippen molar-refractivity contribution in [2.45, 2.75) is 45.2 Å². The van der Waals surface area contributed by atoms with Gasteiger partial charge in [-0.15, -0.1) is 0 Å². The molecule has 116 valence electrons. The number of nitrogens with one attached hydrogen (secondary N) is 1. The van der Waals surface area contributed by atoms with Gasteiger partial charge in [-0.3, -0.25) is 4.79 Å². The molecule has 1 aromatic heterocycles. The maximum atomic E-state index is 12.3. The van der Waals surface area contributed by atoms with E-state index in [1.165, 1.54) is 30.4 Å². The summed E-state index contributed by atoms with van der Waals surface area (Å²) in [6, 6.07) is 0.585. The minimum atomic E-state index is -0.0255. The number of aromatic nitrogens is 2. The second-order valence-corrected chi connectivity index (χ2v) is 6.85. The fourth-order valence-electron chi connectivity index (χ4n) is 3.07. The van der Waals surface area contributed by atoms with Crippen molar-refractivity contribution >= 4 is 21.6 Å². The Kier molecular flexibility index (Phi) is 4.64. The van der Waals surface area contributed by atoms with Crippen LogP contribution in [0.2, 0.25) is 0 Å². The highest BCUT2D eigenvalue weighted by Gasteiger charge is 2.33. The van der Waals surface area contributed by atoms with Crippen molar-refractivity contribution in [3.05, 3.63) is 21.0 Å². The summed E-state index contributed by atoms with van der Waals surface area (Å²) >= 11 is 3.50. The molecule has 21 heavy (non-hydrogen) atoms. The van der Waals surface area contributed by atoms with Gasteiger partial charge < -0.3 is 10.2 Å². The zero-order valence-electron chi connectivity index (χ0n) is 12.5. The number of nitrogens with zero attached hydrogens (tertiary/aromatic N) is 3. The lowest BCUT2D eigenvalue weighted by Gasteiger charge is -2.32. The van der Waals surface area contributed by atoms with E-state index < -0.39 is 0 Å². The summed E-state index contributed by atoms with van der Waals surface area (Å²) < 4.78 is 2.16. The van der Waals surface area contributed by atoms with E-state index in [0.717, 1.165) is 25.3 Å². The van der Waals surface area contributed by atoms with Gasteiger partial charge in [0.2, 0.25) is 0 Å². The SMILES string of the molecule is CCn1ncc(N(CC2CCCNC2)C2CC2)c(Br)c1=O. The number of aryl methyl sites for hydroxylation is 1. The normalized spacial score (nSPS) is 22.3. The number of hydrogen-bond acceptors (Lipinski definition) is 4. The van der Waals surface area contributed by atoms with E-state index in [1.54, 1.807) is 0 Å². The van der Waals surface area contributed by atoms with Crippen LogP contribution in [-0.4, -0.2) is 35.5 Å².